The summed E-state index contributed by atoms with van der Waals surface area (Å²) in [7, 11) is 0. The minimum absolute atomic E-state index is 0.0224. The number of pyridine rings is 1. The van der Waals surface area contributed by atoms with Gasteiger partial charge in [-0.25, -0.2) is 0 Å². The summed E-state index contributed by atoms with van der Waals surface area (Å²) in [5.74, 6) is -0.172. The van der Waals surface area contributed by atoms with Crippen LogP contribution < -0.4 is 5.32 Å². The minimum atomic E-state index is -0.150. The maximum atomic E-state index is 12.4. The largest absolute Gasteiger partial charge is 0.378 e. The number of amides is 2. The minimum Gasteiger partial charge on any atom is -0.378 e. The van der Waals surface area contributed by atoms with E-state index in [-0.39, 0.29) is 11.8 Å². The molecule has 1 aromatic carbocycles. The number of benzene rings is 1. The van der Waals surface area contributed by atoms with Gasteiger partial charge in [-0.2, -0.15) is 0 Å². The predicted molar refractivity (Wildman–Crippen MR) is 98.2 cm³/mol. The van der Waals surface area contributed by atoms with E-state index in [0.717, 1.165) is 11.4 Å². The van der Waals surface area contributed by atoms with Crippen molar-refractivity contribution in [2.75, 3.05) is 32.8 Å². The van der Waals surface area contributed by atoms with Crippen molar-refractivity contribution in [1.29, 1.82) is 0 Å². The number of nitrogens with one attached hydrogen (secondary N) is 1. The Hall–Kier alpha value is -2.73. The maximum absolute atomic E-state index is 12.4. The molecule has 1 aromatic heterocycles. The van der Waals surface area contributed by atoms with E-state index in [1.807, 2.05) is 25.1 Å². The number of aryl methyl sites for hydroxylation is 1. The lowest BCUT2D eigenvalue weighted by Gasteiger charge is -2.26. The molecule has 0 unspecified atom stereocenters. The fourth-order valence-corrected chi connectivity index (χ4v) is 2.86. The highest BCUT2D eigenvalue weighted by Crippen LogP contribution is 2.10. The van der Waals surface area contributed by atoms with Gasteiger partial charge in [0.25, 0.3) is 11.8 Å². The van der Waals surface area contributed by atoms with Crippen molar-refractivity contribution in [3.63, 3.8) is 0 Å². The number of aromatic nitrogens is 1. The van der Waals surface area contributed by atoms with Crippen LogP contribution in [0.3, 0.4) is 0 Å². The molecule has 1 fully saturated rings. The van der Waals surface area contributed by atoms with Crippen LogP contribution in [-0.2, 0) is 11.2 Å². The molecule has 0 radical (unpaired) electrons. The molecule has 136 valence electrons. The first-order valence-corrected chi connectivity index (χ1v) is 8.81. The number of ether oxygens (including phenoxy) is 1. The van der Waals surface area contributed by atoms with E-state index in [4.69, 9.17) is 4.74 Å². The zero-order valence-corrected chi connectivity index (χ0v) is 14.9. The molecule has 6 heteroatoms. The third-order valence-corrected chi connectivity index (χ3v) is 4.31. The van der Waals surface area contributed by atoms with Crippen LogP contribution in [0.1, 0.15) is 32.1 Å². The third kappa shape index (κ3) is 4.67. The number of carbonyl (C=O) groups excluding carboxylic acids is 2. The highest BCUT2D eigenvalue weighted by molar-refractivity contribution is 5.97. The highest BCUT2D eigenvalue weighted by Gasteiger charge is 2.18. The van der Waals surface area contributed by atoms with Crippen LogP contribution in [0, 0.1) is 6.92 Å². The molecule has 2 amide bonds. The lowest BCUT2D eigenvalue weighted by molar-refractivity contribution is 0.0303. The van der Waals surface area contributed by atoms with Gasteiger partial charge >= 0.3 is 0 Å². The van der Waals surface area contributed by atoms with Gasteiger partial charge in [-0.15, -0.1) is 0 Å². The van der Waals surface area contributed by atoms with Crippen molar-refractivity contribution < 1.29 is 14.3 Å². The van der Waals surface area contributed by atoms with Crippen molar-refractivity contribution in [2.24, 2.45) is 0 Å². The zero-order chi connectivity index (χ0) is 18.4. The molecule has 6 nitrogen and oxygen atoms in total. The van der Waals surface area contributed by atoms with E-state index >= 15 is 0 Å². The van der Waals surface area contributed by atoms with Gasteiger partial charge in [0.1, 0.15) is 0 Å². The van der Waals surface area contributed by atoms with Crippen LogP contribution in [0.15, 0.2) is 42.5 Å². The van der Waals surface area contributed by atoms with Gasteiger partial charge in [0, 0.05) is 48.6 Å². The standard InChI is InChI=1S/C20H23N3O3/c1-15-3-2-4-18(22-15)9-10-21-19(24)16-5-7-17(8-6-16)20(25)23-11-13-26-14-12-23/h2-8H,9-14H2,1H3,(H,21,24). The van der Waals surface area contributed by atoms with Gasteiger partial charge in [0.05, 0.1) is 13.2 Å². The molecule has 1 aliphatic rings. The first-order valence-electron chi connectivity index (χ1n) is 8.81. The number of nitrogens with zero attached hydrogens (tertiary/aromatic N) is 2. The summed E-state index contributed by atoms with van der Waals surface area (Å²) in [6.45, 7) is 4.82. The summed E-state index contributed by atoms with van der Waals surface area (Å²) in [5.41, 5.74) is 3.05. The summed E-state index contributed by atoms with van der Waals surface area (Å²) in [6.07, 6.45) is 0.682. The topological polar surface area (TPSA) is 71.5 Å². The lowest BCUT2D eigenvalue weighted by Crippen LogP contribution is -2.40. The first-order chi connectivity index (χ1) is 12.6. The monoisotopic (exact) mass is 353 g/mol. The van der Waals surface area contributed by atoms with Gasteiger partial charge in [-0.1, -0.05) is 6.07 Å². The second kappa shape index (κ2) is 8.58. The van der Waals surface area contributed by atoms with Crippen LogP contribution in [0.4, 0.5) is 0 Å². The molecule has 1 aliphatic heterocycles. The molecular weight excluding hydrogens is 330 g/mol. The van der Waals surface area contributed by atoms with Gasteiger partial charge < -0.3 is 15.0 Å². The van der Waals surface area contributed by atoms with Crippen LogP contribution in [-0.4, -0.2) is 54.5 Å². The van der Waals surface area contributed by atoms with Gasteiger partial charge in [-0.05, 0) is 43.3 Å². The van der Waals surface area contributed by atoms with E-state index < -0.39 is 0 Å². The van der Waals surface area contributed by atoms with E-state index in [9.17, 15) is 9.59 Å². The molecule has 1 N–H and O–H groups in total. The van der Waals surface area contributed by atoms with Gasteiger partial charge in [-0.3, -0.25) is 14.6 Å². The van der Waals surface area contributed by atoms with E-state index in [1.54, 1.807) is 29.2 Å². The fraction of sp³-hybridized carbons (Fsp3) is 0.350. The summed E-state index contributed by atoms with van der Waals surface area (Å²) in [6, 6.07) is 12.6. The molecule has 0 atom stereocenters. The summed E-state index contributed by atoms with van der Waals surface area (Å²) < 4.78 is 5.26. The average Bonchev–Trinajstić information content (AvgIpc) is 2.68. The predicted octanol–water partition coefficient (Wildman–Crippen LogP) is 1.83. The molecule has 3 rings (SSSR count). The Kier molecular flexibility index (Phi) is 5.96. The quantitative estimate of drug-likeness (QED) is 0.890. The van der Waals surface area contributed by atoms with Crippen molar-refractivity contribution in [1.82, 2.24) is 15.2 Å². The summed E-state index contributed by atoms with van der Waals surface area (Å²) in [4.78, 5) is 30.8. The van der Waals surface area contributed by atoms with E-state index in [0.29, 0.717) is 50.4 Å². The Morgan fingerprint density at radius 1 is 1.08 bits per heavy atom. The van der Waals surface area contributed by atoms with Crippen LogP contribution in [0.2, 0.25) is 0 Å². The Balaban J connectivity index is 1.52. The second-order valence-corrected chi connectivity index (χ2v) is 6.26. The molecule has 26 heavy (non-hydrogen) atoms. The molecule has 1 saturated heterocycles. The van der Waals surface area contributed by atoms with Crippen molar-refractivity contribution in [2.45, 2.75) is 13.3 Å². The Bertz CT molecular complexity index is 768. The Labute approximate surface area is 153 Å². The number of hydrogen-bond acceptors (Lipinski definition) is 4. The van der Waals surface area contributed by atoms with Crippen molar-refractivity contribution >= 4 is 11.8 Å². The molecule has 0 saturated carbocycles. The molecular formula is C20H23N3O3. The van der Waals surface area contributed by atoms with Gasteiger partial charge in [0.15, 0.2) is 0 Å². The van der Waals surface area contributed by atoms with E-state index in [2.05, 4.69) is 10.3 Å². The third-order valence-electron chi connectivity index (χ3n) is 4.31. The molecule has 0 aliphatic carbocycles. The number of morpholine rings is 1. The van der Waals surface area contributed by atoms with Crippen molar-refractivity contribution in [3.05, 3.63) is 65.0 Å². The second-order valence-electron chi connectivity index (χ2n) is 6.26. The maximum Gasteiger partial charge on any atom is 0.254 e. The SMILES string of the molecule is Cc1cccc(CCNC(=O)c2ccc(C(=O)N3CCOCC3)cc2)n1. The fourth-order valence-electron chi connectivity index (χ4n) is 2.86. The number of hydrogen-bond donors (Lipinski definition) is 1. The Morgan fingerprint density at radius 2 is 1.77 bits per heavy atom. The van der Waals surface area contributed by atoms with Crippen LogP contribution in [0.5, 0.6) is 0 Å². The van der Waals surface area contributed by atoms with Crippen molar-refractivity contribution in [3.8, 4) is 0 Å². The Morgan fingerprint density at radius 3 is 2.46 bits per heavy atom. The highest BCUT2D eigenvalue weighted by atomic mass is 16.5. The zero-order valence-electron chi connectivity index (χ0n) is 14.9. The number of carbonyl (C=O) groups is 2. The molecule has 2 heterocycles. The molecule has 2 aromatic rings. The number of rotatable bonds is 5. The summed E-state index contributed by atoms with van der Waals surface area (Å²) in [5, 5.41) is 2.89. The van der Waals surface area contributed by atoms with E-state index in [1.165, 1.54) is 0 Å². The smallest absolute Gasteiger partial charge is 0.254 e. The van der Waals surface area contributed by atoms with Gasteiger partial charge in [0.2, 0.25) is 0 Å². The lowest BCUT2D eigenvalue weighted by atomic mass is 10.1. The van der Waals surface area contributed by atoms with Crippen LogP contribution >= 0.6 is 0 Å². The summed E-state index contributed by atoms with van der Waals surface area (Å²) >= 11 is 0. The normalized spacial score (nSPS) is 14.1. The average molecular weight is 353 g/mol. The molecule has 0 bridgehead atoms. The first kappa shape index (κ1) is 18.1. The van der Waals surface area contributed by atoms with Crippen LogP contribution in [0.25, 0.3) is 0 Å². The molecule has 0 spiro atoms.